The van der Waals surface area contributed by atoms with E-state index in [0.29, 0.717) is 11.0 Å². The Kier molecular flexibility index (Phi) is 6.00. The van der Waals surface area contributed by atoms with Gasteiger partial charge in [0, 0.05) is 11.0 Å². The minimum absolute atomic E-state index is 0.0459. The fourth-order valence-corrected chi connectivity index (χ4v) is 3.86. The molecule has 0 saturated carbocycles. The number of benzene rings is 2. The number of alkyl halides is 6. The molecule has 0 unspecified atom stereocenters. The number of hydrogen-bond donors (Lipinski definition) is 0. The van der Waals surface area contributed by atoms with E-state index < -0.39 is 46.5 Å². The summed E-state index contributed by atoms with van der Waals surface area (Å²) in [5, 5.41) is 8.95. The molecule has 5 nitrogen and oxygen atoms in total. The van der Waals surface area contributed by atoms with E-state index in [2.05, 4.69) is 15.9 Å². The number of carbonyl (C=O) groups is 2. The Morgan fingerprint density at radius 3 is 2.15 bits per heavy atom. The first kappa shape index (κ1) is 24.6. The molecule has 0 atom stereocenters. The van der Waals surface area contributed by atoms with Crippen LogP contribution in [0, 0.1) is 11.3 Å². The van der Waals surface area contributed by atoms with Gasteiger partial charge in [0.2, 0.25) is 0 Å². The monoisotopic (exact) mass is 533 g/mol. The zero-order valence-corrected chi connectivity index (χ0v) is 18.6. The summed E-state index contributed by atoms with van der Waals surface area (Å²) in [6, 6.07) is 5.73. The third-order valence-corrected chi connectivity index (χ3v) is 5.96. The van der Waals surface area contributed by atoms with E-state index >= 15 is 0 Å². The van der Waals surface area contributed by atoms with Gasteiger partial charge < -0.3 is 4.90 Å². The summed E-state index contributed by atoms with van der Waals surface area (Å²) in [7, 11) is 0. The SMILES string of the molecule is CC1(C)C(=O)N(c2ccc(C#N)c(C(F)(F)F)c2)C(=O)N1Cc1ccc(C(F)(F)F)cc1Br. The van der Waals surface area contributed by atoms with Crippen LogP contribution in [0.1, 0.15) is 36.1 Å². The van der Waals surface area contributed by atoms with Crippen LogP contribution in [0.15, 0.2) is 40.9 Å². The number of rotatable bonds is 3. The van der Waals surface area contributed by atoms with Gasteiger partial charge >= 0.3 is 18.4 Å². The molecule has 0 N–H and O–H groups in total. The van der Waals surface area contributed by atoms with E-state index in [-0.39, 0.29) is 22.3 Å². The lowest BCUT2D eigenvalue weighted by Crippen LogP contribution is -2.43. The molecule has 1 fully saturated rings. The van der Waals surface area contributed by atoms with Gasteiger partial charge in [-0.3, -0.25) is 4.79 Å². The Labute approximate surface area is 192 Å². The number of amides is 3. The summed E-state index contributed by atoms with van der Waals surface area (Å²) >= 11 is 3.03. The molecule has 2 aromatic rings. The van der Waals surface area contributed by atoms with Crippen LogP contribution in [-0.4, -0.2) is 22.4 Å². The highest BCUT2D eigenvalue weighted by atomic mass is 79.9. The van der Waals surface area contributed by atoms with Crippen LogP contribution in [-0.2, 0) is 23.7 Å². The fourth-order valence-electron chi connectivity index (χ4n) is 3.35. The number of urea groups is 1. The summed E-state index contributed by atoms with van der Waals surface area (Å²) < 4.78 is 78.8. The minimum Gasteiger partial charge on any atom is -0.305 e. The molecule has 33 heavy (non-hydrogen) atoms. The normalized spacial score (nSPS) is 16.4. The number of hydrogen-bond acceptors (Lipinski definition) is 3. The number of nitrogens with zero attached hydrogens (tertiary/aromatic N) is 3. The molecule has 0 aliphatic carbocycles. The lowest BCUT2D eigenvalue weighted by molar-refractivity contribution is -0.138. The summed E-state index contributed by atoms with van der Waals surface area (Å²) in [4.78, 5) is 27.7. The van der Waals surface area contributed by atoms with Gasteiger partial charge in [-0.1, -0.05) is 22.0 Å². The first-order valence-electron chi connectivity index (χ1n) is 9.22. The summed E-state index contributed by atoms with van der Waals surface area (Å²) in [6.07, 6.45) is -9.48. The third kappa shape index (κ3) is 4.42. The molecule has 1 aliphatic heterocycles. The highest BCUT2D eigenvalue weighted by Gasteiger charge is 2.52. The van der Waals surface area contributed by atoms with Crippen molar-refractivity contribution < 1.29 is 35.9 Å². The molecular formula is C21H14BrF6N3O2. The number of carbonyl (C=O) groups excluding carboxylic acids is 2. The zero-order valence-electron chi connectivity index (χ0n) is 17.0. The van der Waals surface area contributed by atoms with E-state index in [4.69, 9.17) is 5.26 Å². The van der Waals surface area contributed by atoms with Crippen molar-refractivity contribution in [2.75, 3.05) is 4.90 Å². The van der Waals surface area contributed by atoms with Crippen LogP contribution >= 0.6 is 15.9 Å². The zero-order chi connectivity index (χ0) is 24.9. The molecule has 3 amide bonds. The van der Waals surface area contributed by atoms with E-state index in [1.54, 1.807) is 0 Å². The number of halogens is 7. The largest absolute Gasteiger partial charge is 0.417 e. The molecule has 3 rings (SSSR count). The molecule has 1 heterocycles. The predicted octanol–water partition coefficient (Wildman–Crippen LogP) is 6.11. The molecule has 0 radical (unpaired) electrons. The molecule has 12 heteroatoms. The molecule has 0 aromatic heterocycles. The average Bonchev–Trinajstić information content (AvgIpc) is 2.86. The molecule has 0 bridgehead atoms. The highest BCUT2D eigenvalue weighted by molar-refractivity contribution is 9.10. The summed E-state index contributed by atoms with van der Waals surface area (Å²) in [5.41, 5.74) is -4.51. The molecule has 1 aliphatic rings. The van der Waals surface area contributed by atoms with Gasteiger partial charge in [0.05, 0.1) is 28.4 Å². The van der Waals surface area contributed by atoms with Gasteiger partial charge in [-0.05, 0) is 49.7 Å². The number of nitriles is 1. The van der Waals surface area contributed by atoms with E-state index in [1.807, 2.05) is 0 Å². The van der Waals surface area contributed by atoms with Crippen molar-refractivity contribution in [1.29, 1.82) is 5.26 Å². The molecular weight excluding hydrogens is 520 g/mol. The van der Waals surface area contributed by atoms with Gasteiger partial charge in [0.1, 0.15) is 5.54 Å². The van der Waals surface area contributed by atoms with Crippen LogP contribution in [0.5, 0.6) is 0 Å². The van der Waals surface area contributed by atoms with Crippen molar-refractivity contribution in [3.05, 3.63) is 63.1 Å². The van der Waals surface area contributed by atoms with Crippen LogP contribution in [0.4, 0.5) is 36.8 Å². The second-order valence-corrected chi connectivity index (χ2v) is 8.57. The van der Waals surface area contributed by atoms with Gasteiger partial charge in [-0.25, -0.2) is 9.69 Å². The Bertz CT molecular complexity index is 1180. The summed E-state index contributed by atoms with van der Waals surface area (Å²) in [6.45, 7) is 2.47. The number of imide groups is 1. The maximum atomic E-state index is 13.3. The standard InChI is InChI=1S/C21H14BrF6N3O2/c1-19(2)17(32)31(14-6-4-11(9-29)15(8-14)21(26,27)28)18(33)30(19)10-12-3-5-13(7-16(12)22)20(23,24)25/h3-8H,10H2,1-2H3. The van der Waals surface area contributed by atoms with Crippen molar-refractivity contribution in [1.82, 2.24) is 4.90 Å². The van der Waals surface area contributed by atoms with Crippen molar-refractivity contribution >= 4 is 33.6 Å². The predicted molar refractivity (Wildman–Crippen MR) is 108 cm³/mol. The smallest absolute Gasteiger partial charge is 0.305 e. The first-order chi connectivity index (χ1) is 15.1. The quantitative estimate of drug-likeness (QED) is 0.353. The first-order valence-corrected chi connectivity index (χ1v) is 10.0. The summed E-state index contributed by atoms with van der Waals surface area (Å²) in [5.74, 6) is -0.826. The van der Waals surface area contributed by atoms with Gasteiger partial charge in [-0.2, -0.15) is 31.6 Å². The van der Waals surface area contributed by atoms with Crippen LogP contribution in [0.2, 0.25) is 0 Å². The van der Waals surface area contributed by atoms with Crippen molar-refractivity contribution in [2.45, 2.75) is 38.3 Å². The lowest BCUT2D eigenvalue weighted by atomic mass is 10.0. The molecule has 1 saturated heterocycles. The van der Waals surface area contributed by atoms with Crippen LogP contribution in [0.25, 0.3) is 0 Å². The van der Waals surface area contributed by atoms with Crippen LogP contribution in [0.3, 0.4) is 0 Å². The molecule has 2 aromatic carbocycles. The lowest BCUT2D eigenvalue weighted by Gasteiger charge is -2.28. The topological polar surface area (TPSA) is 64.4 Å². The Morgan fingerprint density at radius 1 is 1.00 bits per heavy atom. The second-order valence-electron chi connectivity index (χ2n) is 7.71. The average molecular weight is 534 g/mol. The minimum atomic E-state index is -4.90. The van der Waals surface area contributed by atoms with Crippen LogP contribution < -0.4 is 4.90 Å². The Balaban J connectivity index is 2.00. The fraction of sp³-hybridized carbons (Fsp3) is 0.286. The van der Waals surface area contributed by atoms with Crippen molar-refractivity contribution in [2.24, 2.45) is 0 Å². The molecule has 0 spiro atoms. The Hall–Kier alpha value is -3.07. The number of anilines is 1. The Morgan fingerprint density at radius 2 is 1.64 bits per heavy atom. The van der Waals surface area contributed by atoms with E-state index in [9.17, 15) is 35.9 Å². The van der Waals surface area contributed by atoms with Gasteiger partial charge in [-0.15, -0.1) is 0 Å². The molecule has 174 valence electrons. The highest BCUT2D eigenvalue weighted by Crippen LogP contribution is 2.39. The van der Waals surface area contributed by atoms with E-state index in [0.717, 1.165) is 35.2 Å². The van der Waals surface area contributed by atoms with Crippen molar-refractivity contribution in [3.63, 3.8) is 0 Å². The maximum Gasteiger partial charge on any atom is 0.417 e. The van der Waals surface area contributed by atoms with E-state index in [1.165, 1.54) is 19.9 Å². The second kappa shape index (κ2) is 8.06. The van der Waals surface area contributed by atoms with Gasteiger partial charge in [0.15, 0.2) is 0 Å². The maximum absolute atomic E-state index is 13.3. The third-order valence-electron chi connectivity index (χ3n) is 5.22. The van der Waals surface area contributed by atoms with Gasteiger partial charge in [0.25, 0.3) is 5.91 Å². The van der Waals surface area contributed by atoms with Crippen molar-refractivity contribution in [3.8, 4) is 6.07 Å².